The predicted octanol–water partition coefficient (Wildman–Crippen LogP) is 3.82. The van der Waals surface area contributed by atoms with Crippen LogP contribution in [0.2, 0.25) is 0 Å². The summed E-state index contributed by atoms with van der Waals surface area (Å²) in [6, 6.07) is 4.79. The number of phenolic OH excluding ortho intramolecular Hbond substituents is 1. The first-order chi connectivity index (χ1) is 9.38. The van der Waals surface area contributed by atoms with Crippen LogP contribution < -0.4 is 5.32 Å². The van der Waals surface area contributed by atoms with E-state index in [1.165, 1.54) is 12.1 Å². The minimum atomic E-state index is -1.22. The summed E-state index contributed by atoms with van der Waals surface area (Å²) in [4.78, 5) is 11.8. The van der Waals surface area contributed by atoms with Gasteiger partial charge in [-0.25, -0.2) is 13.2 Å². The number of anilines is 1. The maximum atomic E-state index is 13.4. The fourth-order valence-electron chi connectivity index (χ4n) is 1.50. The summed E-state index contributed by atoms with van der Waals surface area (Å²) in [5.41, 5.74) is -0.757. The molecule has 0 saturated heterocycles. The van der Waals surface area contributed by atoms with Gasteiger partial charge >= 0.3 is 0 Å². The average Bonchev–Trinajstić information content (AvgIpc) is 2.36. The monoisotopic (exact) mass is 345 g/mol. The molecule has 2 rings (SSSR count). The number of carbonyl (C=O) groups is 1. The van der Waals surface area contributed by atoms with Crippen molar-refractivity contribution in [2.24, 2.45) is 0 Å². The lowest BCUT2D eigenvalue weighted by Gasteiger charge is -2.08. The van der Waals surface area contributed by atoms with Crippen LogP contribution in [0.15, 0.2) is 34.8 Å². The minimum Gasteiger partial charge on any atom is -0.507 e. The number of phenols is 1. The molecule has 2 aromatic carbocycles. The first-order valence-corrected chi connectivity index (χ1v) is 6.12. The van der Waals surface area contributed by atoms with E-state index in [9.17, 15) is 23.1 Å². The van der Waals surface area contributed by atoms with Crippen LogP contribution in [0.5, 0.6) is 5.75 Å². The topological polar surface area (TPSA) is 49.3 Å². The van der Waals surface area contributed by atoms with Gasteiger partial charge in [-0.3, -0.25) is 4.79 Å². The van der Waals surface area contributed by atoms with Crippen LogP contribution in [0.3, 0.4) is 0 Å². The van der Waals surface area contributed by atoms with E-state index in [-0.39, 0.29) is 11.3 Å². The van der Waals surface area contributed by atoms with Gasteiger partial charge in [0.1, 0.15) is 17.3 Å². The van der Waals surface area contributed by atoms with Gasteiger partial charge < -0.3 is 10.4 Å². The molecule has 1 amide bonds. The molecule has 2 aromatic rings. The van der Waals surface area contributed by atoms with Crippen molar-refractivity contribution in [1.29, 1.82) is 0 Å². The second kappa shape index (κ2) is 5.54. The zero-order valence-electron chi connectivity index (χ0n) is 9.75. The van der Waals surface area contributed by atoms with E-state index in [4.69, 9.17) is 0 Å². The van der Waals surface area contributed by atoms with Gasteiger partial charge in [-0.05, 0) is 34.1 Å². The summed E-state index contributed by atoms with van der Waals surface area (Å²) in [6.45, 7) is 0. The fraction of sp³-hybridized carbons (Fsp3) is 0. The predicted molar refractivity (Wildman–Crippen MR) is 70.1 cm³/mol. The molecule has 20 heavy (non-hydrogen) atoms. The SMILES string of the molecule is O=C(Nc1c(F)cc(F)cc1F)c1ccc(Br)c(O)c1. The van der Waals surface area contributed by atoms with Crippen molar-refractivity contribution < 1.29 is 23.1 Å². The number of benzene rings is 2. The molecule has 0 spiro atoms. The number of hydrogen-bond acceptors (Lipinski definition) is 2. The van der Waals surface area contributed by atoms with Crippen LogP contribution in [0.25, 0.3) is 0 Å². The molecule has 0 saturated carbocycles. The number of aromatic hydroxyl groups is 1. The van der Waals surface area contributed by atoms with Crippen LogP contribution in [0, 0.1) is 17.5 Å². The van der Waals surface area contributed by atoms with Crippen molar-refractivity contribution in [3.63, 3.8) is 0 Å². The highest BCUT2D eigenvalue weighted by molar-refractivity contribution is 9.10. The number of nitrogens with one attached hydrogen (secondary N) is 1. The molecule has 0 fully saturated rings. The van der Waals surface area contributed by atoms with Crippen LogP contribution in [0.1, 0.15) is 10.4 Å². The van der Waals surface area contributed by atoms with Gasteiger partial charge in [-0.15, -0.1) is 0 Å². The second-order valence-electron chi connectivity index (χ2n) is 3.86. The van der Waals surface area contributed by atoms with Gasteiger partial charge in [0.2, 0.25) is 0 Å². The molecule has 0 bridgehead atoms. The summed E-state index contributed by atoms with van der Waals surface area (Å²) in [5, 5.41) is 11.4. The Kier molecular flexibility index (Phi) is 3.99. The molecule has 0 aromatic heterocycles. The molecule has 104 valence electrons. The van der Waals surface area contributed by atoms with Gasteiger partial charge in [-0.1, -0.05) is 0 Å². The molecule has 3 nitrogen and oxygen atoms in total. The Morgan fingerprint density at radius 2 is 1.70 bits per heavy atom. The molecule has 0 aliphatic rings. The van der Waals surface area contributed by atoms with Gasteiger partial charge in [0.15, 0.2) is 11.6 Å². The third-order valence-corrected chi connectivity index (χ3v) is 3.12. The molecule has 0 aliphatic carbocycles. The van der Waals surface area contributed by atoms with Crippen LogP contribution >= 0.6 is 15.9 Å². The number of amides is 1. The van der Waals surface area contributed by atoms with E-state index in [0.29, 0.717) is 16.6 Å². The lowest BCUT2D eigenvalue weighted by Crippen LogP contribution is -2.14. The van der Waals surface area contributed by atoms with Crippen molar-refractivity contribution in [3.8, 4) is 5.75 Å². The smallest absolute Gasteiger partial charge is 0.255 e. The zero-order valence-corrected chi connectivity index (χ0v) is 11.3. The first kappa shape index (κ1) is 14.4. The molecule has 0 heterocycles. The largest absolute Gasteiger partial charge is 0.507 e. The van der Waals surface area contributed by atoms with Crippen molar-refractivity contribution in [1.82, 2.24) is 0 Å². The van der Waals surface area contributed by atoms with E-state index in [2.05, 4.69) is 15.9 Å². The Bertz CT molecular complexity index is 668. The maximum absolute atomic E-state index is 13.4. The Balaban J connectivity index is 2.30. The third-order valence-electron chi connectivity index (χ3n) is 2.45. The molecule has 0 aliphatic heterocycles. The molecule has 2 N–H and O–H groups in total. The van der Waals surface area contributed by atoms with Gasteiger partial charge in [0.05, 0.1) is 4.47 Å². The number of carbonyl (C=O) groups excluding carboxylic acids is 1. The zero-order chi connectivity index (χ0) is 14.9. The number of rotatable bonds is 2. The fourth-order valence-corrected chi connectivity index (χ4v) is 1.75. The minimum absolute atomic E-state index is 0.00572. The van der Waals surface area contributed by atoms with Gasteiger partial charge in [0.25, 0.3) is 5.91 Å². The lowest BCUT2D eigenvalue weighted by atomic mass is 10.2. The number of hydrogen-bond donors (Lipinski definition) is 2. The summed E-state index contributed by atoms with van der Waals surface area (Å²) in [5.74, 6) is -4.57. The van der Waals surface area contributed by atoms with Crippen LogP contribution in [0.4, 0.5) is 18.9 Å². The van der Waals surface area contributed by atoms with Crippen molar-refractivity contribution in [2.45, 2.75) is 0 Å². The third kappa shape index (κ3) is 2.93. The quantitative estimate of drug-likeness (QED) is 0.869. The lowest BCUT2D eigenvalue weighted by molar-refractivity contribution is 0.102. The van der Waals surface area contributed by atoms with Crippen LogP contribution in [-0.4, -0.2) is 11.0 Å². The van der Waals surface area contributed by atoms with E-state index >= 15 is 0 Å². The Morgan fingerprint density at radius 3 is 2.25 bits per heavy atom. The van der Waals surface area contributed by atoms with Gasteiger partial charge in [-0.2, -0.15) is 0 Å². The van der Waals surface area contributed by atoms with Gasteiger partial charge in [0, 0.05) is 17.7 Å². The molecule has 0 radical (unpaired) electrons. The molecular weight excluding hydrogens is 339 g/mol. The van der Waals surface area contributed by atoms with E-state index in [1.54, 1.807) is 0 Å². The summed E-state index contributed by atoms with van der Waals surface area (Å²) in [7, 11) is 0. The maximum Gasteiger partial charge on any atom is 0.255 e. The Morgan fingerprint density at radius 1 is 1.10 bits per heavy atom. The van der Waals surface area contributed by atoms with E-state index < -0.39 is 29.0 Å². The Labute approximate surface area is 120 Å². The number of halogens is 4. The highest BCUT2D eigenvalue weighted by atomic mass is 79.9. The summed E-state index contributed by atoms with van der Waals surface area (Å²) < 4.78 is 39.9. The first-order valence-electron chi connectivity index (χ1n) is 5.33. The highest BCUT2D eigenvalue weighted by Crippen LogP contribution is 2.26. The normalized spacial score (nSPS) is 10.4. The summed E-state index contributed by atoms with van der Waals surface area (Å²) >= 11 is 3.03. The van der Waals surface area contributed by atoms with Crippen molar-refractivity contribution >= 4 is 27.5 Å². The molecular formula is C13H7BrF3NO2. The summed E-state index contributed by atoms with van der Waals surface area (Å²) in [6.07, 6.45) is 0. The van der Waals surface area contributed by atoms with E-state index in [1.807, 2.05) is 5.32 Å². The van der Waals surface area contributed by atoms with Crippen molar-refractivity contribution in [3.05, 3.63) is 57.8 Å². The highest BCUT2D eigenvalue weighted by Gasteiger charge is 2.16. The second-order valence-corrected chi connectivity index (χ2v) is 4.72. The molecule has 0 atom stereocenters. The van der Waals surface area contributed by atoms with E-state index in [0.717, 1.165) is 6.07 Å². The standard InChI is InChI=1S/C13H7BrF3NO2/c14-8-2-1-6(3-11(8)19)13(20)18-12-9(16)4-7(15)5-10(12)17/h1-5,19H,(H,18,20). The average molecular weight is 346 g/mol. The van der Waals surface area contributed by atoms with Crippen molar-refractivity contribution in [2.75, 3.05) is 5.32 Å². The van der Waals surface area contributed by atoms with Crippen LogP contribution in [-0.2, 0) is 0 Å². The molecule has 7 heteroatoms. The molecule has 0 unspecified atom stereocenters. The Hall–Kier alpha value is -2.02.